The topological polar surface area (TPSA) is 51.2 Å². The van der Waals surface area contributed by atoms with E-state index in [9.17, 15) is 4.79 Å². The van der Waals surface area contributed by atoms with E-state index < -0.39 is 0 Å². The first kappa shape index (κ1) is 16.0. The van der Waals surface area contributed by atoms with E-state index in [4.69, 9.17) is 14.2 Å². The van der Waals surface area contributed by atoms with Crippen molar-refractivity contribution in [1.29, 1.82) is 0 Å². The Morgan fingerprint density at radius 1 is 1.27 bits per heavy atom. The maximum absolute atomic E-state index is 12.3. The van der Waals surface area contributed by atoms with Crippen molar-refractivity contribution in [3.63, 3.8) is 0 Å². The molecule has 0 spiro atoms. The van der Waals surface area contributed by atoms with Crippen LogP contribution in [0.3, 0.4) is 0 Å². The monoisotopic (exact) mass is 312 g/mol. The molecule has 0 unspecified atom stereocenters. The highest BCUT2D eigenvalue weighted by Crippen LogP contribution is 2.43. The van der Waals surface area contributed by atoms with E-state index in [-0.39, 0.29) is 24.0 Å². The first-order valence-corrected chi connectivity index (χ1v) is 8.52. The van der Waals surface area contributed by atoms with Gasteiger partial charge in [0.25, 0.3) is 0 Å². The van der Waals surface area contributed by atoms with Gasteiger partial charge in [0.15, 0.2) is 6.23 Å². The fourth-order valence-corrected chi connectivity index (χ4v) is 3.83. The molecule has 0 aromatic carbocycles. The molecule has 1 amide bonds. The lowest BCUT2D eigenvalue weighted by atomic mass is 9.95. The number of hydrogen-bond acceptors (Lipinski definition) is 5. The van der Waals surface area contributed by atoms with Gasteiger partial charge in [-0.05, 0) is 33.1 Å². The Morgan fingerprint density at radius 3 is 2.77 bits per heavy atom. The summed E-state index contributed by atoms with van der Waals surface area (Å²) in [5, 5.41) is 0. The van der Waals surface area contributed by atoms with Crippen LogP contribution in [0, 0.1) is 0 Å². The van der Waals surface area contributed by atoms with E-state index in [1.165, 1.54) is 0 Å². The highest BCUT2D eigenvalue weighted by molar-refractivity contribution is 5.68. The molecule has 6 nitrogen and oxygen atoms in total. The summed E-state index contributed by atoms with van der Waals surface area (Å²) < 4.78 is 17.0. The lowest BCUT2D eigenvalue weighted by molar-refractivity contribution is -0.0627. The van der Waals surface area contributed by atoms with Gasteiger partial charge in [-0.1, -0.05) is 0 Å². The Morgan fingerprint density at radius 2 is 2.05 bits per heavy atom. The molecule has 126 valence electrons. The minimum Gasteiger partial charge on any atom is -0.430 e. The summed E-state index contributed by atoms with van der Waals surface area (Å²) in [6, 6.07) is 0. The van der Waals surface area contributed by atoms with Gasteiger partial charge in [0.1, 0.15) is 0 Å². The number of nitrogens with zero attached hydrogens (tertiary/aromatic N) is 2. The van der Waals surface area contributed by atoms with E-state index in [1.54, 1.807) is 4.90 Å². The molecule has 0 aromatic rings. The lowest BCUT2D eigenvalue weighted by Gasteiger charge is -2.35. The van der Waals surface area contributed by atoms with E-state index in [0.717, 1.165) is 38.8 Å². The fourth-order valence-electron chi connectivity index (χ4n) is 3.83. The largest absolute Gasteiger partial charge is 0.430 e. The smallest absolute Gasteiger partial charge is 0.411 e. The van der Waals surface area contributed by atoms with Crippen LogP contribution in [0.2, 0.25) is 0 Å². The van der Waals surface area contributed by atoms with Crippen LogP contribution in [0.25, 0.3) is 0 Å². The Bertz CT molecular complexity index is 398. The van der Waals surface area contributed by atoms with Crippen LogP contribution >= 0.6 is 0 Å². The van der Waals surface area contributed by atoms with Gasteiger partial charge in [-0.25, -0.2) is 4.79 Å². The normalized spacial score (nSPS) is 32.5. The maximum Gasteiger partial charge on any atom is 0.411 e. The molecule has 3 fully saturated rings. The summed E-state index contributed by atoms with van der Waals surface area (Å²) in [5.41, 5.74) is 0.0836. The number of amides is 1. The number of morpholine rings is 1. The van der Waals surface area contributed by atoms with Gasteiger partial charge >= 0.3 is 6.09 Å². The van der Waals surface area contributed by atoms with Crippen molar-refractivity contribution in [2.24, 2.45) is 0 Å². The molecule has 3 heterocycles. The highest BCUT2D eigenvalue weighted by atomic mass is 16.6. The number of carbonyl (C=O) groups is 1. The predicted molar refractivity (Wildman–Crippen MR) is 81.7 cm³/mol. The van der Waals surface area contributed by atoms with E-state index >= 15 is 0 Å². The lowest BCUT2D eigenvalue weighted by Crippen LogP contribution is -2.49. The van der Waals surface area contributed by atoms with Crippen LogP contribution < -0.4 is 0 Å². The first-order valence-electron chi connectivity index (χ1n) is 8.52. The van der Waals surface area contributed by atoms with Crippen LogP contribution in [0.4, 0.5) is 4.79 Å². The first-order chi connectivity index (χ1) is 10.6. The minimum atomic E-state index is -0.194. The summed E-state index contributed by atoms with van der Waals surface area (Å²) in [6.45, 7) is 8.37. The molecule has 22 heavy (non-hydrogen) atoms. The molecule has 3 rings (SSSR count). The van der Waals surface area contributed by atoms with Crippen LogP contribution in [0.1, 0.15) is 39.5 Å². The maximum atomic E-state index is 12.3. The molecular weight excluding hydrogens is 284 g/mol. The third kappa shape index (κ3) is 3.24. The fraction of sp³-hybridized carbons (Fsp3) is 0.938. The Labute approximate surface area is 132 Å². The second-order valence-electron chi connectivity index (χ2n) is 6.86. The molecule has 0 saturated carbocycles. The zero-order chi connectivity index (χ0) is 15.6. The van der Waals surface area contributed by atoms with E-state index in [0.29, 0.717) is 26.3 Å². The molecule has 0 radical (unpaired) electrons. The SMILES string of the molecule is CC(C)OC[C@]12CCCN1[C@@H](OC(=O)N1CCOCC1)CC2. The van der Waals surface area contributed by atoms with Crippen LogP contribution in [0.15, 0.2) is 0 Å². The average molecular weight is 312 g/mol. The Balaban J connectivity index is 1.57. The van der Waals surface area contributed by atoms with Crippen molar-refractivity contribution in [3.05, 3.63) is 0 Å². The number of carbonyl (C=O) groups excluding carboxylic acids is 1. The van der Waals surface area contributed by atoms with Crippen molar-refractivity contribution in [2.75, 3.05) is 39.5 Å². The predicted octanol–water partition coefficient (Wildman–Crippen LogP) is 1.83. The van der Waals surface area contributed by atoms with Crippen molar-refractivity contribution < 1.29 is 19.0 Å². The summed E-state index contributed by atoms with van der Waals surface area (Å²) in [6.07, 6.45) is 4.23. The molecule has 0 N–H and O–H groups in total. The standard InChI is InChI=1S/C16H28N2O4/c1-13(2)21-12-16-5-3-7-18(16)14(4-6-16)22-15(19)17-8-10-20-11-9-17/h13-14H,3-12H2,1-2H3/t14-,16+/m0/s1. The summed E-state index contributed by atoms with van der Waals surface area (Å²) >= 11 is 0. The number of hydrogen-bond donors (Lipinski definition) is 0. The number of ether oxygens (including phenoxy) is 3. The van der Waals surface area contributed by atoms with Gasteiger partial charge in [0.05, 0.1) is 25.9 Å². The molecule has 0 bridgehead atoms. The average Bonchev–Trinajstić information content (AvgIpc) is 3.07. The van der Waals surface area contributed by atoms with Crippen molar-refractivity contribution in [2.45, 2.75) is 57.4 Å². The van der Waals surface area contributed by atoms with Crippen molar-refractivity contribution in [3.8, 4) is 0 Å². The number of fused-ring (bicyclic) bond motifs is 1. The zero-order valence-corrected chi connectivity index (χ0v) is 13.8. The van der Waals surface area contributed by atoms with Crippen molar-refractivity contribution in [1.82, 2.24) is 9.80 Å². The van der Waals surface area contributed by atoms with Crippen LogP contribution in [-0.2, 0) is 14.2 Å². The van der Waals surface area contributed by atoms with E-state index in [2.05, 4.69) is 18.7 Å². The number of rotatable bonds is 4. The van der Waals surface area contributed by atoms with Gasteiger partial charge in [0, 0.05) is 31.6 Å². The molecule has 3 aliphatic heterocycles. The third-order valence-electron chi connectivity index (χ3n) is 5.05. The molecule has 0 aliphatic carbocycles. The van der Waals surface area contributed by atoms with Gasteiger partial charge in [0.2, 0.25) is 0 Å². The second-order valence-corrected chi connectivity index (χ2v) is 6.86. The second kappa shape index (κ2) is 6.72. The van der Waals surface area contributed by atoms with Crippen molar-refractivity contribution >= 4 is 6.09 Å². The summed E-state index contributed by atoms with van der Waals surface area (Å²) in [7, 11) is 0. The molecule has 3 saturated heterocycles. The summed E-state index contributed by atoms with van der Waals surface area (Å²) in [5.74, 6) is 0. The molecule has 6 heteroatoms. The van der Waals surface area contributed by atoms with Gasteiger partial charge in [-0.15, -0.1) is 0 Å². The molecule has 0 aromatic heterocycles. The Hall–Kier alpha value is -0.850. The molecular formula is C16H28N2O4. The van der Waals surface area contributed by atoms with Crippen LogP contribution in [0.5, 0.6) is 0 Å². The zero-order valence-electron chi connectivity index (χ0n) is 13.8. The van der Waals surface area contributed by atoms with Gasteiger partial charge < -0.3 is 19.1 Å². The summed E-state index contributed by atoms with van der Waals surface area (Å²) in [4.78, 5) is 16.4. The Kier molecular flexibility index (Phi) is 4.90. The highest BCUT2D eigenvalue weighted by Gasteiger charge is 2.51. The minimum absolute atomic E-state index is 0.0836. The van der Waals surface area contributed by atoms with Gasteiger partial charge in [-0.3, -0.25) is 4.90 Å². The van der Waals surface area contributed by atoms with E-state index in [1.807, 2.05) is 0 Å². The van der Waals surface area contributed by atoms with Crippen LogP contribution in [-0.4, -0.2) is 73.2 Å². The third-order valence-corrected chi connectivity index (χ3v) is 5.05. The molecule has 2 atom stereocenters. The quantitative estimate of drug-likeness (QED) is 0.793. The van der Waals surface area contributed by atoms with Gasteiger partial charge in [-0.2, -0.15) is 0 Å². The molecule has 3 aliphatic rings.